The Kier molecular flexibility index (Phi) is 8.34. The molecule has 0 fully saturated rings. The molecule has 0 spiro atoms. The Morgan fingerprint density at radius 3 is 2.50 bits per heavy atom. The minimum absolute atomic E-state index is 0.0383. The van der Waals surface area contributed by atoms with Crippen LogP contribution < -0.4 is 21.7 Å². The minimum Gasteiger partial charge on any atom is -0.383 e. The lowest BCUT2D eigenvalue weighted by Gasteiger charge is -2.22. The molecule has 5 N–H and O–H groups in total. The number of halogens is 1. The third kappa shape index (κ3) is 6.37. The van der Waals surface area contributed by atoms with Crippen molar-refractivity contribution < 1.29 is 22.4 Å². The van der Waals surface area contributed by atoms with Crippen LogP contribution in [0.1, 0.15) is 36.6 Å². The molecule has 40 heavy (non-hydrogen) atoms. The predicted octanol–water partition coefficient (Wildman–Crippen LogP) is 4.49. The highest BCUT2D eigenvalue weighted by molar-refractivity contribution is 7.91. The van der Waals surface area contributed by atoms with Crippen molar-refractivity contribution in [3.63, 3.8) is 0 Å². The molecular formula is C29H30FN5O4S. The maximum Gasteiger partial charge on any atom is 0.247 e. The quantitative estimate of drug-likeness (QED) is 0.235. The summed E-state index contributed by atoms with van der Waals surface area (Å²) < 4.78 is 40.5. The van der Waals surface area contributed by atoms with E-state index in [9.17, 15) is 18.0 Å². The van der Waals surface area contributed by atoms with Gasteiger partial charge in [0, 0.05) is 42.0 Å². The van der Waals surface area contributed by atoms with Crippen LogP contribution in [0.15, 0.2) is 71.8 Å². The number of sulfone groups is 1. The molecule has 0 aliphatic heterocycles. The fraction of sp³-hybridized carbons (Fsp3) is 0.207. The van der Waals surface area contributed by atoms with E-state index in [0.29, 0.717) is 22.8 Å². The van der Waals surface area contributed by atoms with Crippen LogP contribution in [0.2, 0.25) is 0 Å². The fourth-order valence-electron chi connectivity index (χ4n) is 4.37. The van der Waals surface area contributed by atoms with Crippen LogP contribution in [0.25, 0.3) is 10.8 Å². The fourth-order valence-corrected chi connectivity index (χ4v) is 5.49. The Morgan fingerprint density at radius 1 is 1.02 bits per heavy atom. The van der Waals surface area contributed by atoms with Crippen molar-refractivity contribution in [1.29, 1.82) is 0 Å². The van der Waals surface area contributed by atoms with Crippen LogP contribution in [0, 0.1) is 12.7 Å². The first-order valence-corrected chi connectivity index (χ1v) is 14.2. The zero-order valence-corrected chi connectivity index (χ0v) is 23.1. The Bertz CT molecular complexity index is 1710. The van der Waals surface area contributed by atoms with E-state index in [1.807, 2.05) is 0 Å². The first kappa shape index (κ1) is 28.5. The number of rotatable bonds is 9. The number of nitrogens with one attached hydrogen (secondary N) is 3. The van der Waals surface area contributed by atoms with E-state index < -0.39 is 27.6 Å². The van der Waals surface area contributed by atoms with Crippen molar-refractivity contribution in [2.75, 3.05) is 22.1 Å². The van der Waals surface area contributed by atoms with Crippen molar-refractivity contribution in [2.45, 2.75) is 38.3 Å². The number of pyridine rings is 1. The van der Waals surface area contributed by atoms with E-state index in [2.05, 4.69) is 20.9 Å². The smallest absolute Gasteiger partial charge is 0.247 e. The first-order valence-electron chi connectivity index (χ1n) is 12.6. The van der Waals surface area contributed by atoms with Crippen LogP contribution >= 0.6 is 0 Å². The molecule has 1 unspecified atom stereocenters. The maximum absolute atomic E-state index is 15.0. The van der Waals surface area contributed by atoms with Crippen LogP contribution in [-0.2, 0) is 26.0 Å². The Balaban J connectivity index is 1.69. The van der Waals surface area contributed by atoms with Crippen LogP contribution in [0.4, 0.5) is 21.6 Å². The summed E-state index contributed by atoms with van der Waals surface area (Å²) in [5.41, 5.74) is 8.06. The lowest BCUT2D eigenvalue weighted by molar-refractivity contribution is -0.122. The van der Waals surface area contributed by atoms with Gasteiger partial charge in [0.25, 0.3) is 0 Å². The van der Waals surface area contributed by atoms with Gasteiger partial charge in [-0.15, -0.1) is 0 Å². The number of fused-ring (bicyclic) bond motifs is 1. The SMILES string of the molecule is CCS(=O)(=O)c1ccc(NC(C)=O)cc1CNC(=O)C(Nc1ccc2c(N)nccc2c1)c1cc(C)ccc1F. The molecule has 0 bridgehead atoms. The molecule has 2 amide bonds. The van der Waals surface area contributed by atoms with Gasteiger partial charge in [0.05, 0.1) is 10.6 Å². The molecule has 208 valence electrons. The molecule has 1 atom stereocenters. The van der Waals surface area contributed by atoms with Crippen molar-refractivity contribution >= 4 is 49.6 Å². The molecule has 0 saturated carbocycles. The number of nitrogen functional groups attached to an aromatic ring is 1. The van der Waals surface area contributed by atoms with E-state index in [-0.39, 0.29) is 28.7 Å². The zero-order valence-electron chi connectivity index (χ0n) is 22.3. The number of nitrogens with zero attached hydrogens (tertiary/aromatic N) is 1. The Labute approximate surface area is 231 Å². The normalized spacial score (nSPS) is 12.1. The third-order valence-electron chi connectivity index (χ3n) is 6.38. The van der Waals surface area contributed by atoms with Gasteiger partial charge in [-0.3, -0.25) is 9.59 Å². The van der Waals surface area contributed by atoms with Gasteiger partial charge in [0.1, 0.15) is 17.7 Å². The first-order chi connectivity index (χ1) is 19.0. The largest absolute Gasteiger partial charge is 0.383 e. The number of amides is 2. The van der Waals surface area contributed by atoms with E-state index in [1.54, 1.807) is 49.5 Å². The second-order valence-corrected chi connectivity index (χ2v) is 11.6. The average molecular weight is 564 g/mol. The number of carbonyl (C=O) groups excluding carboxylic acids is 2. The van der Waals surface area contributed by atoms with Crippen molar-refractivity contribution in [3.8, 4) is 0 Å². The molecule has 0 saturated heterocycles. The molecular weight excluding hydrogens is 533 g/mol. The molecule has 0 aliphatic rings. The number of hydrogen-bond donors (Lipinski definition) is 4. The number of nitrogens with two attached hydrogens (primary N) is 1. The highest BCUT2D eigenvalue weighted by Gasteiger charge is 2.25. The molecule has 4 rings (SSSR count). The molecule has 0 aliphatic carbocycles. The summed E-state index contributed by atoms with van der Waals surface area (Å²) in [5, 5.41) is 10.0. The van der Waals surface area contributed by atoms with Crippen LogP contribution in [-0.4, -0.2) is 31.0 Å². The Hall–Kier alpha value is -4.51. The maximum atomic E-state index is 15.0. The van der Waals surface area contributed by atoms with Gasteiger partial charge < -0.3 is 21.7 Å². The summed E-state index contributed by atoms with van der Waals surface area (Å²) >= 11 is 0. The van der Waals surface area contributed by atoms with Gasteiger partial charge in [-0.2, -0.15) is 0 Å². The highest BCUT2D eigenvalue weighted by Crippen LogP contribution is 2.28. The molecule has 3 aromatic carbocycles. The van der Waals surface area contributed by atoms with Crippen molar-refractivity contribution in [3.05, 3.63) is 89.4 Å². The zero-order chi connectivity index (χ0) is 29.0. The second kappa shape index (κ2) is 11.7. The summed E-state index contributed by atoms with van der Waals surface area (Å²) in [5.74, 6) is -1.26. The summed E-state index contributed by atoms with van der Waals surface area (Å²) in [6.45, 7) is 4.47. The van der Waals surface area contributed by atoms with Gasteiger partial charge in [0.2, 0.25) is 11.8 Å². The standard InChI is InChI=1S/C29H30FN5O4S/c1-4-40(38,39)26-10-7-21(34-18(3)36)15-20(26)16-33-29(37)27(24-13-17(2)5-9-25(24)30)35-22-6-8-23-19(14-22)11-12-32-28(23)31/h5-15,27,35H,4,16H2,1-3H3,(H2,31,32)(H,33,37)(H,34,36). The number of aromatic nitrogens is 1. The molecule has 1 heterocycles. The molecule has 0 radical (unpaired) electrons. The molecule has 1 aromatic heterocycles. The number of benzene rings is 3. The molecule has 9 nitrogen and oxygen atoms in total. The van der Waals surface area contributed by atoms with Gasteiger partial charge in [-0.05, 0) is 66.4 Å². The third-order valence-corrected chi connectivity index (χ3v) is 8.21. The summed E-state index contributed by atoms with van der Waals surface area (Å²) in [4.78, 5) is 29.3. The lowest BCUT2D eigenvalue weighted by Crippen LogP contribution is -2.34. The summed E-state index contributed by atoms with van der Waals surface area (Å²) in [6.07, 6.45) is 1.57. The van der Waals surface area contributed by atoms with E-state index in [1.165, 1.54) is 38.1 Å². The number of anilines is 3. The van der Waals surface area contributed by atoms with Gasteiger partial charge in [-0.25, -0.2) is 17.8 Å². The highest BCUT2D eigenvalue weighted by atomic mass is 32.2. The number of carbonyl (C=O) groups is 2. The van der Waals surface area contributed by atoms with E-state index >= 15 is 4.39 Å². The van der Waals surface area contributed by atoms with E-state index in [4.69, 9.17) is 5.73 Å². The number of hydrogen-bond acceptors (Lipinski definition) is 7. The van der Waals surface area contributed by atoms with Gasteiger partial charge >= 0.3 is 0 Å². The monoisotopic (exact) mass is 563 g/mol. The molecule has 11 heteroatoms. The number of aryl methyl sites for hydroxylation is 1. The van der Waals surface area contributed by atoms with Crippen molar-refractivity contribution in [2.24, 2.45) is 0 Å². The van der Waals surface area contributed by atoms with Gasteiger partial charge in [0.15, 0.2) is 9.84 Å². The topological polar surface area (TPSA) is 143 Å². The van der Waals surface area contributed by atoms with E-state index in [0.717, 1.165) is 16.3 Å². The summed E-state index contributed by atoms with van der Waals surface area (Å²) in [6, 6.07) is 14.8. The minimum atomic E-state index is -3.63. The second-order valence-electron chi connectivity index (χ2n) is 9.36. The van der Waals surface area contributed by atoms with Crippen molar-refractivity contribution in [1.82, 2.24) is 10.3 Å². The van der Waals surface area contributed by atoms with Crippen LogP contribution in [0.3, 0.4) is 0 Å². The average Bonchev–Trinajstić information content (AvgIpc) is 2.91. The molecule has 4 aromatic rings. The predicted molar refractivity (Wildman–Crippen MR) is 154 cm³/mol. The van der Waals surface area contributed by atoms with Crippen LogP contribution in [0.5, 0.6) is 0 Å². The Morgan fingerprint density at radius 2 is 1.77 bits per heavy atom. The van der Waals surface area contributed by atoms with Gasteiger partial charge in [-0.1, -0.05) is 24.6 Å². The lowest BCUT2D eigenvalue weighted by atomic mass is 10.0. The summed E-state index contributed by atoms with van der Waals surface area (Å²) in [7, 11) is -3.63.